The minimum Gasteiger partial charge on any atom is -0.475 e. The minimum atomic E-state index is -5.08. The predicted molar refractivity (Wildman–Crippen MR) is 119 cm³/mol. The quantitative estimate of drug-likeness (QED) is 0.542. The second-order valence-corrected chi connectivity index (χ2v) is 9.41. The van der Waals surface area contributed by atoms with Crippen molar-refractivity contribution < 1.29 is 46.1 Å². The molecule has 2 saturated heterocycles. The first-order valence-electron chi connectivity index (χ1n) is 11.0. The van der Waals surface area contributed by atoms with Gasteiger partial charge < -0.3 is 20.0 Å². The van der Waals surface area contributed by atoms with Crippen LogP contribution >= 0.6 is 11.3 Å². The van der Waals surface area contributed by atoms with E-state index in [1.54, 1.807) is 17.7 Å². The molecule has 0 saturated carbocycles. The molecule has 17 heteroatoms. The topological polar surface area (TPSA) is 125 Å². The maximum absolute atomic E-state index is 10.6. The van der Waals surface area contributed by atoms with Crippen LogP contribution in [0.5, 0.6) is 0 Å². The summed E-state index contributed by atoms with van der Waals surface area (Å²) in [5.74, 6) is -4.79. The molecular weight excluding hydrogens is 534 g/mol. The molecule has 2 aromatic rings. The highest BCUT2D eigenvalue weighted by Gasteiger charge is 2.45. The maximum Gasteiger partial charge on any atom is 0.490 e. The summed E-state index contributed by atoms with van der Waals surface area (Å²) in [7, 11) is 0. The number of likely N-dealkylation sites (tertiary alicyclic amines) is 1. The van der Waals surface area contributed by atoms with Crippen LogP contribution in [-0.2, 0) is 16.1 Å². The van der Waals surface area contributed by atoms with Crippen molar-refractivity contribution in [3.63, 3.8) is 0 Å². The number of hydrogen-bond acceptors (Lipinski definition) is 8. The molecule has 2 aliphatic heterocycles. The number of thiazole rings is 1. The third kappa shape index (κ3) is 8.84. The number of fused-ring (bicyclic) bond motifs is 1. The molecule has 2 N–H and O–H groups in total. The number of halogens is 6. The lowest BCUT2D eigenvalue weighted by atomic mass is 9.91. The Bertz CT molecular complexity index is 963. The third-order valence-corrected chi connectivity index (χ3v) is 6.56. The molecule has 2 fully saturated rings. The standard InChI is InChI=1S/C16H24N6S.2C2HF3O2/c1-12(2)20-5-3-15-13(8-20)7-14(9-21-11-17-10-19-21)22(15)16-18-4-6-23-16;2*3-2(4,5)1(6)7/h4,6,10-15H,3,5,7-9H2,1-2H3;2*(H,6,7)/t13-,14+,15+;;/m1../s1. The summed E-state index contributed by atoms with van der Waals surface area (Å²) in [5, 5.41) is 21.8. The zero-order valence-electron chi connectivity index (χ0n) is 19.7. The van der Waals surface area contributed by atoms with Crippen molar-refractivity contribution in [1.82, 2.24) is 24.6 Å². The molecule has 37 heavy (non-hydrogen) atoms. The zero-order chi connectivity index (χ0) is 28.0. The van der Waals surface area contributed by atoms with Gasteiger partial charge >= 0.3 is 24.3 Å². The Morgan fingerprint density at radius 3 is 2.16 bits per heavy atom. The summed E-state index contributed by atoms with van der Waals surface area (Å²) in [5.41, 5.74) is 0. The lowest BCUT2D eigenvalue weighted by Gasteiger charge is -2.40. The molecule has 0 unspecified atom stereocenters. The zero-order valence-corrected chi connectivity index (χ0v) is 20.5. The Morgan fingerprint density at radius 1 is 1.14 bits per heavy atom. The number of nitrogens with zero attached hydrogens (tertiary/aromatic N) is 6. The van der Waals surface area contributed by atoms with Crippen molar-refractivity contribution in [3.8, 4) is 0 Å². The van der Waals surface area contributed by atoms with Crippen LogP contribution in [0.2, 0.25) is 0 Å². The Hall–Kier alpha value is -2.95. The largest absolute Gasteiger partial charge is 0.490 e. The van der Waals surface area contributed by atoms with E-state index in [4.69, 9.17) is 19.8 Å². The molecule has 0 aliphatic carbocycles. The molecule has 208 valence electrons. The van der Waals surface area contributed by atoms with Crippen LogP contribution in [0.3, 0.4) is 0 Å². The molecule has 3 atom stereocenters. The summed E-state index contributed by atoms with van der Waals surface area (Å²) in [6, 6.07) is 1.72. The van der Waals surface area contributed by atoms with E-state index < -0.39 is 24.3 Å². The van der Waals surface area contributed by atoms with Gasteiger partial charge in [-0.2, -0.15) is 31.4 Å². The van der Waals surface area contributed by atoms with Gasteiger partial charge in [0.05, 0.1) is 12.6 Å². The molecule has 2 aromatic heterocycles. The lowest BCUT2D eigenvalue weighted by Crippen LogP contribution is -2.49. The monoisotopic (exact) mass is 560 g/mol. The van der Waals surface area contributed by atoms with Gasteiger partial charge in [0, 0.05) is 36.8 Å². The molecule has 4 heterocycles. The fourth-order valence-corrected chi connectivity index (χ4v) is 4.97. The number of carboxylic acids is 2. The summed E-state index contributed by atoms with van der Waals surface area (Å²) < 4.78 is 65.4. The number of rotatable bonds is 4. The van der Waals surface area contributed by atoms with Gasteiger partial charge in [0.2, 0.25) is 0 Å². The lowest BCUT2D eigenvalue weighted by molar-refractivity contribution is -0.193. The summed E-state index contributed by atoms with van der Waals surface area (Å²) in [6.45, 7) is 7.91. The van der Waals surface area contributed by atoms with Crippen LogP contribution in [0.1, 0.15) is 26.7 Å². The number of hydrogen-bond donors (Lipinski definition) is 2. The molecule has 0 aromatic carbocycles. The van der Waals surface area contributed by atoms with Gasteiger partial charge in [0.15, 0.2) is 5.13 Å². The SMILES string of the molecule is CC(C)N1CC[C@H]2[C@H](C[C@@H](Cn3cncn3)N2c2nccs2)C1.O=C(O)C(F)(F)F.O=C(O)C(F)(F)F. The van der Waals surface area contributed by atoms with Crippen LogP contribution < -0.4 is 4.90 Å². The first-order chi connectivity index (χ1) is 17.1. The minimum absolute atomic E-state index is 0.463. The third-order valence-electron chi connectivity index (χ3n) is 5.77. The van der Waals surface area contributed by atoms with E-state index in [0.29, 0.717) is 18.1 Å². The molecule has 10 nitrogen and oxygen atoms in total. The number of carbonyl (C=O) groups is 2. The fraction of sp³-hybridized carbons (Fsp3) is 0.650. The van der Waals surface area contributed by atoms with Gasteiger partial charge in [-0.1, -0.05) is 0 Å². The van der Waals surface area contributed by atoms with Crippen molar-refractivity contribution >= 4 is 28.4 Å². The molecule has 2 aliphatic rings. The maximum atomic E-state index is 10.6. The number of anilines is 1. The Morgan fingerprint density at radius 2 is 1.73 bits per heavy atom. The van der Waals surface area contributed by atoms with Gasteiger partial charge in [-0.25, -0.2) is 19.6 Å². The Kier molecular flexibility index (Phi) is 10.3. The van der Waals surface area contributed by atoms with Gasteiger partial charge in [-0.05, 0) is 32.6 Å². The normalized spacial score (nSPS) is 22.0. The smallest absolute Gasteiger partial charge is 0.475 e. The number of alkyl halides is 6. The van der Waals surface area contributed by atoms with Gasteiger partial charge in [0.25, 0.3) is 0 Å². The molecule has 0 radical (unpaired) electrons. The average molecular weight is 561 g/mol. The Labute approximate surface area is 211 Å². The van der Waals surface area contributed by atoms with Crippen molar-refractivity contribution in [2.75, 3.05) is 18.0 Å². The summed E-state index contributed by atoms with van der Waals surface area (Å²) >= 11 is 1.76. The molecule has 0 bridgehead atoms. The second-order valence-electron chi connectivity index (χ2n) is 8.54. The van der Waals surface area contributed by atoms with E-state index in [-0.39, 0.29) is 0 Å². The summed E-state index contributed by atoms with van der Waals surface area (Å²) in [4.78, 5) is 31.7. The van der Waals surface area contributed by atoms with E-state index in [9.17, 15) is 26.3 Å². The summed E-state index contributed by atoms with van der Waals surface area (Å²) in [6.07, 6.45) is -2.36. The predicted octanol–water partition coefficient (Wildman–Crippen LogP) is 3.38. The van der Waals surface area contributed by atoms with Crippen LogP contribution in [0.25, 0.3) is 0 Å². The average Bonchev–Trinajstić information content (AvgIpc) is 3.54. The second kappa shape index (κ2) is 12.5. The number of aliphatic carboxylic acids is 2. The highest BCUT2D eigenvalue weighted by atomic mass is 32.1. The molecule has 0 amide bonds. The van der Waals surface area contributed by atoms with Crippen molar-refractivity contribution in [3.05, 3.63) is 24.2 Å². The van der Waals surface area contributed by atoms with E-state index >= 15 is 0 Å². The van der Waals surface area contributed by atoms with Gasteiger partial charge in [-0.3, -0.25) is 4.68 Å². The van der Waals surface area contributed by atoms with Crippen molar-refractivity contribution in [1.29, 1.82) is 0 Å². The van der Waals surface area contributed by atoms with Crippen LogP contribution in [-0.4, -0.2) is 90.4 Å². The first kappa shape index (κ1) is 30.3. The molecule has 0 spiro atoms. The molecule has 4 rings (SSSR count). The number of piperidine rings is 1. The van der Waals surface area contributed by atoms with Crippen molar-refractivity contribution in [2.45, 2.75) is 63.7 Å². The highest BCUT2D eigenvalue weighted by Crippen LogP contribution is 2.40. The van der Waals surface area contributed by atoms with Crippen molar-refractivity contribution in [2.24, 2.45) is 5.92 Å². The molecular formula is C20H26F6N6O4S. The fourth-order valence-electron chi connectivity index (χ4n) is 4.20. The Balaban J connectivity index is 0.000000286. The first-order valence-corrected chi connectivity index (χ1v) is 11.8. The number of carboxylic acid groups (broad SMARTS) is 2. The van der Waals surface area contributed by atoms with Gasteiger partial charge in [0.1, 0.15) is 12.7 Å². The highest BCUT2D eigenvalue weighted by molar-refractivity contribution is 7.13. The van der Waals surface area contributed by atoms with Crippen LogP contribution in [0, 0.1) is 5.92 Å². The number of aromatic nitrogens is 4. The van der Waals surface area contributed by atoms with E-state index in [0.717, 1.165) is 12.5 Å². The van der Waals surface area contributed by atoms with Gasteiger partial charge in [-0.15, -0.1) is 11.3 Å². The van der Waals surface area contributed by atoms with Crippen LogP contribution in [0.15, 0.2) is 24.2 Å². The van der Waals surface area contributed by atoms with Crippen LogP contribution in [0.4, 0.5) is 31.5 Å². The van der Waals surface area contributed by atoms with E-state index in [2.05, 4.69) is 44.1 Å². The van der Waals surface area contributed by atoms with E-state index in [1.807, 2.05) is 17.2 Å². The van der Waals surface area contributed by atoms with E-state index in [1.165, 1.54) is 31.1 Å².